The van der Waals surface area contributed by atoms with E-state index in [1.54, 1.807) is 18.4 Å². The Balaban J connectivity index is 0.000000384. The van der Waals surface area contributed by atoms with Crippen LogP contribution in [0.2, 0.25) is 0 Å². The zero-order chi connectivity index (χ0) is 26.1. The third kappa shape index (κ3) is 4.42. The van der Waals surface area contributed by atoms with E-state index in [4.69, 9.17) is 15.6 Å². The highest BCUT2D eigenvalue weighted by Gasteiger charge is 2.49. The summed E-state index contributed by atoms with van der Waals surface area (Å²) in [5.74, 6) is -2.67. The summed E-state index contributed by atoms with van der Waals surface area (Å²) in [5, 5.41) is 10.5. The van der Waals surface area contributed by atoms with Gasteiger partial charge >= 0.3 is 12.1 Å². The van der Waals surface area contributed by atoms with Crippen molar-refractivity contribution in [2.24, 2.45) is 10.7 Å². The van der Waals surface area contributed by atoms with Gasteiger partial charge in [-0.15, -0.1) is 11.3 Å². The number of thiophene rings is 1. The minimum Gasteiger partial charge on any atom is -0.475 e. The number of hydrogen-bond acceptors (Lipinski definition) is 5. The van der Waals surface area contributed by atoms with Gasteiger partial charge in [-0.2, -0.15) is 13.2 Å². The predicted molar refractivity (Wildman–Crippen MR) is 133 cm³/mol. The van der Waals surface area contributed by atoms with Crippen LogP contribution in [-0.2, 0) is 15.1 Å². The molecule has 3 aromatic carbocycles. The van der Waals surface area contributed by atoms with Crippen molar-refractivity contribution in [1.82, 2.24) is 4.90 Å². The number of carboxylic acids is 1. The van der Waals surface area contributed by atoms with Crippen LogP contribution in [0.1, 0.15) is 11.1 Å². The van der Waals surface area contributed by atoms with Crippen LogP contribution in [-0.4, -0.2) is 41.1 Å². The van der Waals surface area contributed by atoms with Crippen molar-refractivity contribution in [3.63, 3.8) is 0 Å². The molecule has 184 valence electrons. The summed E-state index contributed by atoms with van der Waals surface area (Å²) in [4.78, 5) is 28.4. The minimum atomic E-state index is -5.08. The normalized spacial score (nSPS) is 17.5. The smallest absolute Gasteiger partial charge is 0.475 e. The highest BCUT2D eigenvalue weighted by atomic mass is 32.1. The van der Waals surface area contributed by atoms with Crippen molar-refractivity contribution in [2.45, 2.75) is 11.7 Å². The van der Waals surface area contributed by atoms with E-state index >= 15 is 0 Å². The molecule has 1 unspecified atom stereocenters. The summed E-state index contributed by atoms with van der Waals surface area (Å²) < 4.78 is 33.0. The lowest BCUT2D eigenvalue weighted by Crippen LogP contribution is -2.41. The van der Waals surface area contributed by atoms with E-state index in [2.05, 4.69) is 34.6 Å². The molecule has 0 radical (unpaired) electrons. The van der Waals surface area contributed by atoms with Gasteiger partial charge in [0.15, 0.2) is 11.5 Å². The van der Waals surface area contributed by atoms with Crippen LogP contribution in [0.5, 0.6) is 0 Å². The molecule has 10 heteroatoms. The first-order valence-electron chi connectivity index (χ1n) is 10.6. The highest BCUT2D eigenvalue weighted by molar-refractivity contribution is 7.17. The summed E-state index contributed by atoms with van der Waals surface area (Å²) in [7, 11) is 1.67. The SMILES string of the molecule is CN1C(=O)C(c2ccccc2)(c2cccc(-c3csc4ccccc34)c2)N=C1N.O=C(O)C(F)(F)F. The molecule has 0 bridgehead atoms. The number of amides is 1. The molecule has 36 heavy (non-hydrogen) atoms. The average Bonchev–Trinajstić information content (AvgIpc) is 3.40. The van der Waals surface area contributed by atoms with Crippen LogP contribution in [0.25, 0.3) is 21.2 Å². The molecule has 3 N–H and O–H groups in total. The Morgan fingerprint density at radius 3 is 2.22 bits per heavy atom. The lowest BCUT2D eigenvalue weighted by molar-refractivity contribution is -0.192. The molecule has 1 amide bonds. The Bertz CT molecular complexity index is 1470. The number of likely N-dealkylation sites (N-methyl/N-ethyl adjacent to an activating group) is 1. The predicted octanol–water partition coefficient (Wildman–Crippen LogP) is 5.23. The van der Waals surface area contributed by atoms with Gasteiger partial charge in [-0.05, 0) is 34.2 Å². The Labute approximate surface area is 208 Å². The standard InChI is InChI=1S/C24H19N3OS.C2HF3O2/c1-27-22(28)24(26-23(27)25,17-9-3-2-4-10-17)18-11-7-8-16(14-18)20-15-29-21-13-6-5-12-19(20)21;3-2(4,5)1(6)7/h2-15H,1H3,(H2,25,26);(H,6,7). The van der Waals surface area contributed by atoms with Crippen molar-refractivity contribution >= 4 is 39.3 Å². The van der Waals surface area contributed by atoms with Crippen LogP contribution in [0.4, 0.5) is 13.2 Å². The zero-order valence-corrected chi connectivity index (χ0v) is 19.7. The van der Waals surface area contributed by atoms with Crippen molar-refractivity contribution in [3.05, 3.63) is 95.4 Å². The fourth-order valence-electron chi connectivity index (χ4n) is 3.98. The maximum atomic E-state index is 13.4. The number of carbonyl (C=O) groups excluding carboxylic acids is 1. The molecule has 4 aromatic rings. The number of aliphatic imine (C=N–C) groups is 1. The second-order valence-corrected chi connectivity index (χ2v) is 8.85. The van der Waals surface area contributed by atoms with Gasteiger partial charge in [-0.1, -0.05) is 66.7 Å². The molecule has 1 aliphatic rings. The van der Waals surface area contributed by atoms with E-state index < -0.39 is 17.7 Å². The minimum absolute atomic E-state index is 0.145. The summed E-state index contributed by atoms with van der Waals surface area (Å²) in [6.45, 7) is 0. The van der Waals surface area contributed by atoms with Crippen LogP contribution in [0.3, 0.4) is 0 Å². The fraction of sp³-hybridized carbons (Fsp3) is 0.115. The van der Waals surface area contributed by atoms with E-state index in [1.807, 2.05) is 54.6 Å². The van der Waals surface area contributed by atoms with E-state index in [-0.39, 0.29) is 11.9 Å². The van der Waals surface area contributed by atoms with E-state index in [1.165, 1.54) is 15.0 Å². The van der Waals surface area contributed by atoms with E-state index in [0.717, 1.165) is 22.3 Å². The summed E-state index contributed by atoms with van der Waals surface area (Å²) in [6.07, 6.45) is -5.08. The number of halogens is 3. The number of rotatable bonds is 3. The number of guanidine groups is 1. The number of alkyl halides is 3. The number of nitrogens with two attached hydrogens (primary N) is 1. The maximum Gasteiger partial charge on any atom is 0.490 e. The molecule has 5 rings (SSSR count). The number of nitrogens with zero attached hydrogens (tertiary/aromatic N) is 2. The van der Waals surface area contributed by atoms with Crippen molar-refractivity contribution in [3.8, 4) is 11.1 Å². The monoisotopic (exact) mass is 511 g/mol. The average molecular weight is 512 g/mol. The number of carbonyl (C=O) groups is 2. The molecule has 1 atom stereocenters. The molecule has 0 fully saturated rings. The van der Waals surface area contributed by atoms with Gasteiger partial charge < -0.3 is 10.8 Å². The quantitative estimate of drug-likeness (QED) is 0.394. The van der Waals surface area contributed by atoms with Crippen LogP contribution in [0.15, 0.2) is 89.2 Å². The van der Waals surface area contributed by atoms with Gasteiger partial charge in [0.2, 0.25) is 0 Å². The lowest BCUT2D eigenvalue weighted by Gasteiger charge is -2.26. The summed E-state index contributed by atoms with van der Waals surface area (Å²) >= 11 is 1.72. The second-order valence-electron chi connectivity index (χ2n) is 7.94. The Hall–Kier alpha value is -4.18. The summed E-state index contributed by atoms with van der Waals surface area (Å²) in [5.41, 5.74) is 8.76. The molecule has 1 aromatic heterocycles. The number of fused-ring (bicyclic) bond motifs is 1. The highest BCUT2D eigenvalue weighted by Crippen LogP contribution is 2.41. The molecular weight excluding hydrogens is 491 g/mol. The molecule has 0 saturated heterocycles. The van der Waals surface area contributed by atoms with Gasteiger partial charge in [0, 0.05) is 22.7 Å². The maximum absolute atomic E-state index is 13.4. The Morgan fingerprint density at radius 2 is 1.61 bits per heavy atom. The van der Waals surface area contributed by atoms with Gasteiger partial charge in [0.25, 0.3) is 5.91 Å². The van der Waals surface area contributed by atoms with Crippen LogP contribution < -0.4 is 5.73 Å². The van der Waals surface area contributed by atoms with E-state index in [0.29, 0.717) is 0 Å². The van der Waals surface area contributed by atoms with Gasteiger partial charge in [0.05, 0.1) is 0 Å². The largest absolute Gasteiger partial charge is 0.490 e. The lowest BCUT2D eigenvalue weighted by atomic mass is 9.82. The van der Waals surface area contributed by atoms with Crippen molar-refractivity contribution in [2.75, 3.05) is 7.05 Å². The Kier molecular flexibility index (Phi) is 6.55. The van der Waals surface area contributed by atoms with Crippen LogP contribution >= 0.6 is 11.3 Å². The summed E-state index contributed by atoms with van der Waals surface area (Å²) in [6, 6.07) is 26.1. The number of hydrogen-bond donors (Lipinski definition) is 2. The first-order chi connectivity index (χ1) is 17.1. The molecule has 0 aliphatic carbocycles. The molecule has 1 aliphatic heterocycles. The molecule has 2 heterocycles. The fourth-order valence-corrected chi connectivity index (χ4v) is 4.95. The topological polar surface area (TPSA) is 96.0 Å². The third-order valence-electron chi connectivity index (χ3n) is 5.75. The molecular formula is C26H20F3N3O3S. The second kappa shape index (κ2) is 9.46. The first kappa shape index (κ1) is 24.9. The van der Waals surface area contributed by atoms with Gasteiger partial charge in [-0.25, -0.2) is 9.79 Å². The van der Waals surface area contributed by atoms with Gasteiger partial charge in [0.1, 0.15) is 0 Å². The van der Waals surface area contributed by atoms with E-state index in [9.17, 15) is 18.0 Å². The first-order valence-corrected chi connectivity index (χ1v) is 11.5. The third-order valence-corrected chi connectivity index (χ3v) is 6.71. The zero-order valence-electron chi connectivity index (χ0n) is 18.9. The van der Waals surface area contributed by atoms with Crippen molar-refractivity contribution in [1.29, 1.82) is 0 Å². The number of aliphatic carboxylic acids is 1. The van der Waals surface area contributed by atoms with Crippen molar-refractivity contribution < 1.29 is 27.9 Å². The molecule has 6 nitrogen and oxygen atoms in total. The molecule has 0 spiro atoms. The number of carboxylic acid groups (broad SMARTS) is 1. The molecule has 0 saturated carbocycles. The number of benzene rings is 3. The Morgan fingerprint density at radius 1 is 1.00 bits per heavy atom. The van der Waals surface area contributed by atoms with Gasteiger partial charge in [-0.3, -0.25) is 9.69 Å². The van der Waals surface area contributed by atoms with Crippen LogP contribution in [0, 0.1) is 0 Å².